The lowest BCUT2D eigenvalue weighted by Crippen LogP contribution is -2.62. The van der Waals surface area contributed by atoms with Gasteiger partial charge in [-0.2, -0.15) is 0 Å². The molecule has 3 N–H and O–H groups in total. The minimum Gasteiger partial charge on any atom is -0.469 e. The Hall–Kier alpha value is -0.760. The molecule has 0 unspecified atom stereocenters. The fraction of sp³-hybridized carbons (Fsp3) is 0.600. The first-order valence-corrected chi connectivity index (χ1v) is 4.72. The molecule has 2 nitrogen and oxygen atoms in total. The smallest absolute Gasteiger partial charge is 0.104 e. The largest absolute Gasteiger partial charge is 0.469 e. The molecule has 12 heavy (non-hydrogen) atoms. The molecule has 0 spiro atoms. The van der Waals surface area contributed by atoms with Gasteiger partial charge in [0, 0.05) is 12.3 Å². The van der Waals surface area contributed by atoms with Gasteiger partial charge in [0.25, 0.3) is 0 Å². The maximum atomic E-state index is 5.32. The van der Waals surface area contributed by atoms with Crippen LogP contribution in [0.3, 0.4) is 0 Å². The summed E-state index contributed by atoms with van der Waals surface area (Å²) in [6, 6.07) is 4.67. The highest BCUT2D eigenvalue weighted by molar-refractivity contribution is 5.00. The topological polar surface area (TPSA) is 40.8 Å². The summed E-state index contributed by atoms with van der Waals surface area (Å²) < 4.78 is 5.32. The monoisotopic (exact) mass is 166 g/mol. The summed E-state index contributed by atoms with van der Waals surface area (Å²) in [5.41, 5.74) is 4.16. The first-order chi connectivity index (χ1) is 5.86. The van der Waals surface area contributed by atoms with Crippen LogP contribution >= 0.6 is 0 Å². The van der Waals surface area contributed by atoms with Crippen molar-refractivity contribution in [3.63, 3.8) is 0 Å². The van der Waals surface area contributed by atoms with E-state index in [0.717, 1.165) is 18.1 Å². The van der Waals surface area contributed by atoms with Gasteiger partial charge in [-0.15, -0.1) is 0 Å². The molecule has 0 aromatic carbocycles. The molecule has 1 aliphatic rings. The first kappa shape index (κ1) is 7.87. The Bertz CT molecular complexity index is 230. The molecule has 0 saturated heterocycles. The summed E-state index contributed by atoms with van der Waals surface area (Å²) in [4.78, 5) is 0. The van der Waals surface area contributed by atoms with Gasteiger partial charge in [0.05, 0.1) is 12.3 Å². The Morgan fingerprint density at radius 1 is 1.50 bits per heavy atom. The van der Waals surface area contributed by atoms with Crippen molar-refractivity contribution in [3.8, 4) is 0 Å². The van der Waals surface area contributed by atoms with Crippen LogP contribution in [0.15, 0.2) is 22.8 Å². The van der Waals surface area contributed by atoms with E-state index < -0.39 is 0 Å². The maximum Gasteiger partial charge on any atom is 0.104 e. The van der Waals surface area contributed by atoms with Crippen molar-refractivity contribution < 1.29 is 10.2 Å². The zero-order valence-corrected chi connectivity index (χ0v) is 7.33. The molecule has 2 heteroatoms. The predicted octanol–water partition coefficient (Wildman–Crippen LogP) is 1.23. The zero-order valence-electron chi connectivity index (χ0n) is 7.33. The highest BCUT2D eigenvalue weighted by atomic mass is 16.3. The van der Waals surface area contributed by atoms with Crippen molar-refractivity contribution in [2.75, 3.05) is 0 Å². The van der Waals surface area contributed by atoms with Crippen molar-refractivity contribution in [2.24, 2.45) is 5.92 Å². The van der Waals surface area contributed by atoms with Gasteiger partial charge in [-0.25, -0.2) is 0 Å². The summed E-state index contributed by atoms with van der Waals surface area (Å²) >= 11 is 0. The van der Waals surface area contributed by atoms with E-state index in [1.54, 1.807) is 6.26 Å². The molecular formula is C10H16NO+. The van der Waals surface area contributed by atoms with Gasteiger partial charge in [0.1, 0.15) is 5.76 Å². The molecule has 2 rings (SSSR count). The van der Waals surface area contributed by atoms with Crippen LogP contribution in [-0.2, 0) is 6.42 Å². The summed E-state index contributed by atoms with van der Waals surface area (Å²) in [5.74, 6) is 1.88. The third kappa shape index (κ3) is 1.53. The van der Waals surface area contributed by atoms with Crippen molar-refractivity contribution in [3.05, 3.63) is 24.2 Å². The second-order valence-electron chi connectivity index (χ2n) is 3.73. The number of rotatable bonds is 2. The Morgan fingerprint density at radius 2 is 2.42 bits per heavy atom. The summed E-state index contributed by atoms with van der Waals surface area (Å²) in [6.07, 6.45) is 6.81. The molecule has 0 radical (unpaired) electrons. The molecule has 1 heterocycles. The average molecular weight is 166 g/mol. The molecule has 2 atom stereocenters. The highest BCUT2D eigenvalue weighted by Crippen LogP contribution is 2.26. The number of quaternary nitrogens is 1. The van der Waals surface area contributed by atoms with Gasteiger partial charge in [0.15, 0.2) is 0 Å². The summed E-state index contributed by atoms with van der Waals surface area (Å²) in [7, 11) is 0. The van der Waals surface area contributed by atoms with Crippen LogP contribution in [0.2, 0.25) is 0 Å². The van der Waals surface area contributed by atoms with Crippen LogP contribution in [0.5, 0.6) is 0 Å². The lowest BCUT2D eigenvalue weighted by Gasteiger charge is -2.09. The predicted molar refractivity (Wildman–Crippen MR) is 46.4 cm³/mol. The lowest BCUT2D eigenvalue weighted by atomic mass is 9.99. The Balaban J connectivity index is 1.95. The Kier molecular flexibility index (Phi) is 2.17. The van der Waals surface area contributed by atoms with E-state index in [1.807, 2.05) is 6.07 Å². The van der Waals surface area contributed by atoms with Gasteiger partial charge >= 0.3 is 0 Å². The number of hydrogen-bond donors (Lipinski definition) is 1. The van der Waals surface area contributed by atoms with E-state index in [1.165, 1.54) is 19.3 Å². The second kappa shape index (κ2) is 3.31. The van der Waals surface area contributed by atoms with Crippen molar-refractivity contribution in [1.29, 1.82) is 0 Å². The Labute approximate surface area is 72.7 Å². The van der Waals surface area contributed by atoms with E-state index in [-0.39, 0.29) is 0 Å². The maximum absolute atomic E-state index is 5.32. The number of hydrogen-bond acceptors (Lipinski definition) is 1. The van der Waals surface area contributed by atoms with Crippen LogP contribution in [0.25, 0.3) is 0 Å². The second-order valence-corrected chi connectivity index (χ2v) is 3.73. The zero-order chi connectivity index (χ0) is 8.39. The molecule has 0 amide bonds. The Morgan fingerprint density at radius 3 is 3.00 bits per heavy atom. The van der Waals surface area contributed by atoms with Crippen molar-refractivity contribution in [1.82, 2.24) is 0 Å². The third-order valence-electron chi connectivity index (χ3n) is 2.86. The van der Waals surface area contributed by atoms with Crippen molar-refractivity contribution >= 4 is 0 Å². The van der Waals surface area contributed by atoms with E-state index in [4.69, 9.17) is 4.42 Å². The molecule has 1 aromatic heterocycles. The van der Waals surface area contributed by atoms with Gasteiger partial charge in [0.2, 0.25) is 0 Å². The lowest BCUT2D eigenvalue weighted by molar-refractivity contribution is -0.428. The average Bonchev–Trinajstić information content (AvgIpc) is 2.65. The van der Waals surface area contributed by atoms with E-state index in [9.17, 15) is 0 Å². The molecule has 0 aliphatic heterocycles. The molecule has 1 fully saturated rings. The van der Waals surface area contributed by atoms with E-state index in [0.29, 0.717) is 6.04 Å². The molecule has 1 aliphatic carbocycles. The molecule has 0 bridgehead atoms. The van der Waals surface area contributed by atoms with Crippen LogP contribution in [0, 0.1) is 5.92 Å². The van der Waals surface area contributed by atoms with Crippen LogP contribution in [0.4, 0.5) is 0 Å². The first-order valence-electron chi connectivity index (χ1n) is 4.72. The summed E-state index contributed by atoms with van der Waals surface area (Å²) in [5, 5.41) is 0. The normalized spacial score (nSPS) is 29.4. The molecule has 66 valence electrons. The summed E-state index contributed by atoms with van der Waals surface area (Å²) in [6.45, 7) is 0. The third-order valence-corrected chi connectivity index (χ3v) is 2.86. The van der Waals surface area contributed by atoms with E-state index in [2.05, 4.69) is 11.8 Å². The van der Waals surface area contributed by atoms with Gasteiger partial charge < -0.3 is 10.2 Å². The highest BCUT2D eigenvalue weighted by Gasteiger charge is 2.27. The fourth-order valence-electron chi connectivity index (χ4n) is 2.07. The quantitative estimate of drug-likeness (QED) is 0.705. The van der Waals surface area contributed by atoms with Gasteiger partial charge in [-0.3, -0.25) is 0 Å². The standard InChI is InChI=1S/C10H15NO/c11-10-5-1-3-8(10)7-9-4-2-6-12-9/h2,4,6,8,10H,1,3,5,7,11H2/p+1/t8-,10-/m0/s1. The number of furan rings is 1. The molecular weight excluding hydrogens is 150 g/mol. The molecule has 1 saturated carbocycles. The SMILES string of the molecule is [NH3+][C@H]1CCC[C@H]1Cc1ccco1. The van der Waals surface area contributed by atoms with Crippen LogP contribution in [-0.4, -0.2) is 6.04 Å². The van der Waals surface area contributed by atoms with Crippen LogP contribution in [0.1, 0.15) is 25.0 Å². The van der Waals surface area contributed by atoms with Crippen molar-refractivity contribution in [2.45, 2.75) is 31.7 Å². The van der Waals surface area contributed by atoms with E-state index >= 15 is 0 Å². The minimum atomic E-state index is 0.648. The van der Waals surface area contributed by atoms with Gasteiger partial charge in [-0.05, 0) is 31.4 Å². The minimum absolute atomic E-state index is 0.648. The van der Waals surface area contributed by atoms with Crippen LogP contribution < -0.4 is 5.73 Å². The van der Waals surface area contributed by atoms with Gasteiger partial charge in [-0.1, -0.05) is 0 Å². The fourth-order valence-corrected chi connectivity index (χ4v) is 2.07. The molecule has 1 aromatic rings.